The first kappa shape index (κ1) is 34.7. The highest BCUT2D eigenvalue weighted by Gasteiger charge is 2.31. The van der Waals surface area contributed by atoms with Crippen LogP contribution >= 0.6 is 0 Å². The van der Waals surface area contributed by atoms with Crippen molar-refractivity contribution in [2.45, 2.75) is 62.0 Å². The molecule has 1 atom stereocenters. The molecular formula is C38H40N4O7S. The number of nitrogens with zero attached hydrogens (tertiary/aromatic N) is 2. The second-order valence-corrected chi connectivity index (χ2v) is 14.5. The molecule has 4 N–H and O–H groups in total. The van der Waals surface area contributed by atoms with Crippen molar-refractivity contribution in [2.24, 2.45) is 0 Å². The molecule has 260 valence electrons. The van der Waals surface area contributed by atoms with Gasteiger partial charge in [0.15, 0.2) is 6.10 Å². The summed E-state index contributed by atoms with van der Waals surface area (Å²) in [4.78, 5) is 39.0. The number of sulfonamides is 1. The Hall–Kier alpha value is -5.20. The van der Waals surface area contributed by atoms with Gasteiger partial charge < -0.3 is 20.8 Å². The molecule has 11 nitrogen and oxygen atoms in total. The monoisotopic (exact) mass is 696 g/mol. The van der Waals surface area contributed by atoms with Crippen LogP contribution in [0.25, 0.3) is 0 Å². The number of hydrogen-bond acceptors (Lipinski definition) is 6. The first-order valence-electron chi connectivity index (χ1n) is 16.8. The Bertz CT molecular complexity index is 1960. The fourth-order valence-corrected chi connectivity index (χ4v) is 8.13. The van der Waals surface area contributed by atoms with E-state index in [1.54, 1.807) is 47.4 Å². The topological polar surface area (TPSA) is 156 Å². The van der Waals surface area contributed by atoms with E-state index in [1.165, 1.54) is 41.3 Å². The van der Waals surface area contributed by atoms with Crippen molar-refractivity contribution in [1.29, 1.82) is 0 Å². The Balaban J connectivity index is 1.22. The van der Waals surface area contributed by atoms with E-state index in [4.69, 9.17) is 5.11 Å². The molecule has 4 aromatic carbocycles. The number of carboxylic acids is 1. The molecule has 12 heteroatoms. The molecule has 1 aliphatic carbocycles. The Morgan fingerprint density at radius 3 is 2.32 bits per heavy atom. The van der Waals surface area contributed by atoms with Crippen LogP contribution in [0.5, 0.6) is 0 Å². The van der Waals surface area contributed by atoms with Crippen molar-refractivity contribution in [2.75, 3.05) is 27.6 Å². The number of amides is 3. The molecular weight excluding hydrogens is 657 g/mol. The molecule has 1 aliphatic heterocycles. The lowest BCUT2D eigenvalue weighted by molar-refractivity contribution is -0.146. The number of carboxylic acid groups (broad SMARTS) is 1. The van der Waals surface area contributed by atoms with Crippen molar-refractivity contribution in [1.82, 2.24) is 5.32 Å². The minimum Gasteiger partial charge on any atom is -0.479 e. The van der Waals surface area contributed by atoms with Crippen LogP contribution < -0.4 is 19.8 Å². The van der Waals surface area contributed by atoms with E-state index in [0.717, 1.165) is 18.4 Å². The van der Waals surface area contributed by atoms with E-state index in [1.807, 2.05) is 30.3 Å². The van der Waals surface area contributed by atoms with Gasteiger partial charge in [0.1, 0.15) is 0 Å². The normalized spacial score (nSPS) is 15.2. The van der Waals surface area contributed by atoms with Crippen LogP contribution in [-0.4, -0.2) is 55.7 Å². The van der Waals surface area contributed by atoms with Gasteiger partial charge in [-0.2, -0.15) is 0 Å². The average molecular weight is 697 g/mol. The van der Waals surface area contributed by atoms with Crippen LogP contribution in [0.15, 0.2) is 102 Å². The van der Waals surface area contributed by atoms with Crippen molar-refractivity contribution in [3.63, 3.8) is 0 Å². The molecule has 2 aliphatic rings. The number of rotatable bonds is 11. The molecule has 1 saturated carbocycles. The number of aliphatic carboxylic acids is 1. The van der Waals surface area contributed by atoms with Gasteiger partial charge in [0, 0.05) is 23.5 Å². The number of para-hydroxylation sites is 1. The molecule has 4 aromatic rings. The average Bonchev–Trinajstić information content (AvgIpc) is 3.59. The summed E-state index contributed by atoms with van der Waals surface area (Å²) in [7, 11) is -3.88. The second-order valence-electron chi connectivity index (χ2n) is 12.7. The molecule has 0 radical (unpaired) electrons. The highest BCUT2D eigenvalue weighted by molar-refractivity contribution is 7.92. The summed E-state index contributed by atoms with van der Waals surface area (Å²) in [5.41, 5.74) is 4.80. The number of anilines is 3. The molecule has 1 fully saturated rings. The molecule has 0 unspecified atom stereocenters. The summed E-state index contributed by atoms with van der Waals surface area (Å²) in [5, 5.41) is 23.6. The molecule has 0 spiro atoms. The van der Waals surface area contributed by atoms with Crippen molar-refractivity contribution in [3.8, 4) is 0 Å². The molecule has 0 bridgehead atoms. The van der Waals surface area contributed by atoms with Crippen LogP contribution in [0, 0.1) is 0 Å². The smallest absolute Gasteiger partial charge is 0.334 e. The van der Waals surface area contributed by atoms with Crippen molar-refractivity contribution >= 4 is 45.0 Å². The Morgan fingerprint density at radius 1 is 0.880 bits per heavy atom. The molecule has 0 aromatic heterocycles. The standard InChI is InChI=1S/C38H40N4O7S/c43-35(37(45)46)24-39-36(44)30-15-13-26(14-16-30)25-41(32-19-17-28(18-20-32)27-7-2-1-3-8-27)38(47)40-31-10-6-11-33(23-31)50(48,49)42-22-21-29-9-4-5-12-34(29)42/h4-6,9-20,23,27,35,43H,1-3,7-8,21-22,24-25H2,(H,39,44)(H,40,47)(H,45,46)/t35-/m1/s1. The van der Waals surface area contributed by atoms with Crippen LogP contribution in [0.4, 0.5) is 21.9 Å². The zero-order valence-electron chi connectivity index (χ0n) is 27.5. The largest absolute Gasteiger partial charge is 0.479 e. The number of hydrogen-bond donors (Lipinski definition) is 4. The summed E-state index contributed by atoms with van der Waals surface area (Å²) in [6.45, 7) is 0.0406. The summed E-state index contributed by atoms with van der Waals surface area (Å²) >= 11 is 0. The summed E-state index contributed by atoms with van der Waals surface area (Å²) < 4.78 is 28.8. The van der Waals surface area contributed by atoms with Gasteiger partial charge in [0.05, 0.1) is 23.7 Å². The third-order valence-electron chi connectivity index (χ3n) is 9.34. The quantitative estimate of drug-likeness (QED) is 0.152. The van der Waals surface area contributed by atoms with Gasteiger partial charge in [-0.05, 0) is 90.4 Å². The van der Waals surface area contributed by atoms with E-state index >= 15 is 0 Å². The second kappa shape index (κ2) is 15.1. The summed E-state index contributed by atoms with van der Waals surface area (Å²) in [5.74, 6) is -1.49. The van der Waals surface area contributed by atoms with Gasteiger partial charge in [-0.1, -0.05) is 67.8 Å². The lowest BCUT2D eigenvalue weighted by atomic mass is 9.84. The zero-order valence-corrected chi connectivity index (χ0v) is 28.3. The third-order valence-corrected chi connectivity index (χ3v) is 11.2. The lowest BCUT2D eigenvalue weighted by Gasteiger charge is -2.26. The number of carbonyl (C=O) groups is 3. The van der Waals surface area contributed by atoms with Gasteiger partial charge in [-0.25, -0.2) is 18.0 Å². The summed E-state index contributed by atoms with van der Waals surface area (Å²) in [6, 6.07) is 27.7. The number of benzene rings is 4. The molecule has 3 amide bonds. The fourth-order valence-electron chi connectivity index (χ4n) is 6.58. The maximum Gasteiger partial charge on any atom is 0.334 e. The number of nitrogens with one attached hydrogen (secondary N) is 2. The number of aliphatic hydroxyl groups excluding tert-OH is 1. The van der Waals surface area contributed by atoms with Gasteiger partial charge in [0.25, 0.3) is 15.9 Å². The van der Waals surface area contributed by atoms with Crippen LogP contribution in [-0.2, 0) is 27.8 Å². The van der Waals surface area contributed by atoms with Crippen LogP contribution in [0.3, 0.4) is 0 Å². The number of aliphatic hydroxyl groups is 1. The Morgan fingerprint density at radius 2 is 1.60 bits per heavy atom. The highest BCUT2D eigenvalue weighted by Crippen LogP contribution is 2.35. The predicted molar refractivity (Wildman–Crippen MR) is 191 cm³/mol. The minimum absolute atomic E-state index is 0.0696. The molecule has 6 rings (SSSR count). The van der Waals surface area contributed by atoms with Gasteiger partial charge >= 0.3 is 12.0 Å². The molecule has 1 heterocycles. The first-order valence-corrected chi connectivity index (χ1v) is 18.2. The van der Waals surface area contributed by atoms with E-state index in [9.17, 15) is 27.9 Å². The van der Waals surface area contributed by atoms with Crippen LogP contribution in [0.2, 0.25) is 0 Å². The minimum atomic E-state index is -3.88. The first-order chi connectivity index (χ1) is 24.1. The maximum absolute atomic E-state index is 14.0. The number of urea groups is 1. The van der Waals surface area contributed by atoms with Gasteiger partial charge in [0.2, 0.25) is 0 Å². The van der Waals surface area contributed by atoms with E-state index in [-0.39, 0.29) is 17.0 Å². The maximum atomic E-state index is 14.0. The van der Waals surface area contributed by atoms with Crippen molar-refractivity contribution < 1.29 is 33.0 Å². The van der Waals surface area contributed by atoms with Crippen LogP contribution in [0.1, 0.15) is 65.1 Å². The zero-order chi connectivity index (χ0) is 35.3. The van der Waals surface area contributed by atoms with E-state index in [2.05, 4.69) is 22.8 Å². The number of carbonyl (C=O) groups excluding carboxylic acids is 2. The highest BCUT2D eigenvalue weighted by atomic mass is 32.2. The van der Waals surface area contributed by atoms with Gasteiger partial charge in [-0.15, -0.1) is 0 Å². The Kier molecular flexibility index (Phi) is 10.5. The fraction of sp³-hybridized carbons (Fsp3) is 0.289. The molecule has 50 heavy (non-hydrogen) atoms. The predicted octanol–water partition coefficient (Wildman–Crippen LogP) is 5.90. The van der Waals surface area contributed by atoms with Gasteiger partial charge in [-0.3, -0.25) is 14.0 Å². The Labute approximate surface area is 291 Å². The summed E-state index contributed by atoms with van der Waals surface area (Å²) in [6.07, 6.45) is 4.85. The van der Waals surface area contributed by atoms with E-state index in [0.29, 0.717) is 41.5 Å². The van der Waals surface area contributed by atoms with E-state index < -0.39 is 40.6 Å². The van der Waals surface area contributed by atoms with Crippen molar-refractivity contribution in [3.05, 3.63) is 119 Å². The SMILES string of the molecule is O=C(NC[C@@H](O)C(=O)O)c1ccc(CN(C(=O)Nc2cccc(S(=O)(=O)N3CCc4ccccc43)c2)c2ccc(C3CCCCC3)cc2)cc1. The molecule has 0 saturated heterocycles. The lowest BCUT2D eigenvalue weighted by Crippen LogP contribution is -2.36. The number of fused-ring (bicyclic) bond motifs is 1. The third kappa shape index (κ3) is 7.82.